The minimum atomic E-state index is -0.835. The second kappa shape index (κ2) is 3.91. The number of rotatable bonds is 3. The zero-order valence-electron chi connectivity index (χ0n) is 9.88. The number of hydrogen-bond acceptors (Lipinski definition) is 2. The Kier molecular flexibility index (Phi) is 2.82. The molecule has 2 rings (SSSR count). The molecule has 1 aromatic rings. The van der Waals surface area contributed by atoms with Crippen molar-refractivity contribution in [2.24, 2.45) is 0 Å². The number of halogens is 1. The molecule has 0 amide bonds. The molecule has 4 heteroatoms. The summed E-state index contributed by atoms with van der Waals surface area (Å²) in [5, 5.41) is 19.4. The third kappa shape index (κ3) is 2.00. The number of carbonyl (C=O) groups is 1. The summed E-state index contributed by atoms with van der Waals surface area (Å²) in [6.45, 7) is 3.72. The minimum Gasteiger partial charge on any atom is -0.506 e. The first kappa shape index (κ1) is 12.2. The highest BCUT2D eigenvalue weighted by Crippen LogP contribution is 2.56. The number of carboxylic acids is 1. The summed E-state index contributed by atoms with van der Waals surface area (Å²) in [5.41, 5.74) is 2.05. The van der Waals surface area contributed by atoms with Crippen LogP contribution in [0.5, 0.6) is 5.75 Å². The predicted octanol–water partition coefficient (Wildman–Crippen LogP) is 3.17. The van der Waals surface area contributed by atoms with E-state index in [1.807, 2.05) is 19.9 Å². The molecule has 0 radical (unpaired) electrons. The lowest BCUT2D eigenvalue weighted by Crippen LogP contribution is -2.15. The number of aromatic hydroxyl groups is 1. The molecule has 1 saturated carbocycles. The summed E-state index contributed by atoms with van der Waals surface area (Å²) >= 11 is 6.03. The van der Waals surface area contributed by atoms with Crippen LogP contribution in [-0.4, -0.2) is 16.2 Å². The predicted molar refractivity (Wildman–Crippen MR) is 65.8 cm³/mol. The standard InChI is InChI=1S/C13H15ClO3/c1-7-5-8(2)11(14)12(17)10(7)13(3-4-13)6-9(15)16/h5,17H,3-4,6H2,1-2H3,(H,15,16). The van der Waals surface area contributed by atoms with Gasteiger partial charge < -0.3 is 10.2 Å². The van der Waals surface area contributed by atoms with Crippen LogP contribution in [0.3, 0.4) is 0 Å². The number of aryl methyl sites for hydroxylation is 2. The summed E-state index contributed by atoms with van der Waals surface area (Å²) < 4.78 is 0. The number of phenols is 1. The molecule has 92 valence electrons. The first-order chi connectivity index (χ1) is 7.87. The molecule has 17 heavy (non-hydrogen) atoms. The zero-order chi connectivity index (χ0) is 12.8. The van der Waals surface area contributed by atoms with Crippen molar-refractivity contribution < 1.29 is 15.0 Å². The van der Waals surface area contributed by atoms with Gasteiger partial charge in [0.25, 0.3) is 0 Å². The summed E-state index contributed by atoms with van der Waals surface area (Å²) in [6.07, 6.45) is 1.65. The van der Waals surface area contributed by atoms with Gasteiger partial charge in [0.15, 0.2) is 0 Å². The molecule has 0 atom stereocenters. The van der Waals surface area contributed by atoms with E-state index in [-0.39, 0.29) is 12.2 Å². The van der Waals surface area contributed by atoms with E-state index in [1.54, 1.807) is 0 Å². The number of phenolic OH excluding ortho intramolecular Hbond substituents is 1. The monoisotopic (exact) mass is 254 g/mol. The van der Waals surface area contributed by atoms with E-state index < -0.39 is 11.4 Å². The van der Waals surface area contributed by atoms with Crippen LogP contribution in [0.4, 0.5) is 0 Å². The van der Waals surface area contributed by atoms with E-state index >= 15 is 0 Å². The second-order valence-corrected chi connectivity index (χ2v) is 5.28. The lowest BCUT2D eigenvalue weighted by Gasteiger charge is -2.19. The van der Waals surface area contributed by atoms with Crippen molar-refractivity contribution >= 4 is 17.6 Å². The van der Waals surface area contributed by atoms with Gasteiger partial charge in [-0.05, 0) is 37.8 Å². The quantitative estimate of drug-likeness (QED) is 0.871. The molecule has 3 nitrogen and oxygen atoms in total. The van der Waals surface area contributed by atoms with Crippen LogP contribution < -0.4 is 0 Å². The maximum absolute atomic E-state index is 10.9. The Bertz CT molecular complexity index is 490. The largest absolute Gasteiger partial charge is 0.506 e. The van der Waals surface area contributed by atoms with Crippen molar-refractivity contribution in [3.05, 3.63) is 27.8 Å². The first-order valence-corrected chi connectivity index (χ1v) is 5.96. The Morgan fingerprint density at radius 1 is 1.41 bits per heavy atom. The average Bonchev–Trinajstić information content (AvgIpc) is 2.94. The summed E-state index contributed by atoms with van der Waals surface area (Å²) in [4.78, 5) is 10.9. The number of hydrogen-bond donors (Lipinski definition) is 2. The lowest BCUT2D eigenvalue weighted by atomic mass is 9.87. The molecule has 2 N–H and O–H groups in total. The van der Waals surface area contributed by atoms with E-state index in [4.69, 9.17) is 16.7 Å². The third-order valence-corrected chi connectivity index (χ3v) is 3.97. The van der Waals surface area contributed by atoms with Crippen molar-refractivity contribution in [2.45, 2.75) is 38.5 Å². The average molecular weight is 255 g/mol. The SMILES string of the molecule is Cc1cc(C)c(C2(CC(=O)O)CC2)c(O)c1Cl. The fraction of sp³-hybridized carbons (Fsp3) is 0.462. The molecule has 0 aromatic heterocycles. The maximum Gasteiger partial charge on any atom is 0.304 e. The van der Waals surface area contributed by atoms with E-state index in [1.165, 1.54) is 0 Å². The third-order valence-electron chi connectivity index (χ3n) is 3.49. The van der Waals surface area contributed by atoms with Gasteiger partial charge in [0.2, 0.25) is 0 Å². The Labute approximate surface area is 105 Å². The molecule has 1 aliphatic carbocycles. The highest BCUT2D eigenvalue weighted by molar-refractivity contribution is 6.33. The van der Waals surface area contributed by atoms with Gasteiger partial charge in [0.05, 0.1) is 11.4 Å². The smallest absolute Gasteiger partial charge is 0.304 e. The Balaban J connectivity index is 2.53. The van der Waals surface area contributed by atoms with E-state index in [0.29, 0.717) is 5.02 Å². The summed E-state index contributed by atoms with van der Waals surface area (Å²) in [6, 6.07) is 1.90. The topological polar surface area (TPSA) is 57.5 Å². The second-order valence-electron chi connectivity index (χ2n) is 4.90. The Morgan fingerprint density at radius 3 is 2.47 bits per heavy atom. The van der Waals surface area contributed by atoms with Crippen LogP contribution in [0, 0.1) is 13.8 Å². The van der Waals surface area contributed by atoms with Crippen LogP contribution in [0.25, 0.3) is 0 Å². The van der Waals surface area contributed by atoms with Crippen molar-refractivity contribution in [3.8, 4) is 5.75 Å². The molecule has 0 spiro atoms. The zero-order valence-corrected chi connectivity index (χ0v) is 10.6. The molecule has 0 saturated heterocycles. The van der Waals surface area contributed by atoms with Crippen LogP contribution in [0.15, 0.2) is 6.07 Å². The van der Waals surface area contributed by atoms with Crippen LogP contribution in [-0.2, 0) is 10.2 Å². The molecule has 0 heterocycles. The van der Waals surface area contributed by atoms with Gasteiger partial charge in [-0.1, -0.05) is 17.7 Å². The van der Waals surface area contributed by atoms with Gasteiger partial charge in [-0.15, -0.1) is 0 Å². The number of carboxylic acid groups (broad SMARTS) is 1. The molecule has 0 bridgehead atoms. The molecular weight excluding hydrogens is 240 g/mol. The van der Waals surface area contributed by atoms with E-state index in [9.17, 15) is 9.90 Å². The molecule has 1 aliphatic rings. The molecule has 0 unspecified atom stereocenters. The number of aliphatic carboxylic acids is 1. The summed E-state index contributed by atoms with van der Waals surface area (Å²) in [7, 11) is 0. The van der Waals surface area contributed by atoms with Gasteiger partial charge in [-0.25, -0.2) is 0 Å². The van der Waals surface area contributed by atoms with Gasteiger partial charge in [0.1, 0.15) is 5.75 Å². The van der Waals surface area contributed by atoms with Crippen molar-refractivity contribution in [1.82, 2.24) is 0 Å². The van der Waals surface area contributed by atoms with Crippen LogP contribution >= 0.6 is 11.6 Å². The Hall–Kier alpha value is -1.22. The van der Waals surface area contributed by atoms with E-state index in [2.05, 4.69) is 0 Å². The lowest BCUT2D eigenvalue weighted by molar-refractivity contribution is -0.137. The van der Waals surface area contributed by atoms with Gasteiger partial charge in [0, 0.05) is 11.0 Å². The highest BCUT2D eigenvalue weighted by Gasteiger charge is 2.48. The molecule has 1 fully saturated rings. The van der Waals surface area contributed by atoms with Crippen LogP contribution in [0.1, 0.15) is 36.0 Å². The molecule has 1 aromatic carbocycles. The van der Waals surface area contributed by atoms with Gasteiger partial charge in [-0.2, -0.15) is 0 Å². The number of benzene rings is 1. The van der Waals surface area contributed by atoms with Gasteiger partial charge >= 0.3 is 5.97 Å². The molecular formula is C13H15ClO3. The molecule has 0 aliphatic heterocycles. The normalized spacial score (nSPS) is 16.9. The van der Waals surface area contributed by atoms with Crippen molar-refractivity contribution in [3.63, 3.8) is 0 Å². The fourth-order valence-corrected chi connectivity index (χ4v) is 2.72. The van der Waals surface area contributed by atoms with E-state index in [0.717, 1.165) is 29.5 Å². The van der Waals surface area contributed by atoms with Gasteiger partial charge in [-0.3, -0.25) is 4.79 Å². The summed E-state index contributed by atoms with van der Waals surface area (Å²) in [5.74, 6) is -0.777. The van der Waals surface area contributed by atoms with Crippen LogP contribution in [0.2, 0.25) is 5.02 Å². The highest BCUT2D eigenvalue weighted by atomic mass is 35.5. The fourth-order valence-electron chi connectivity index (χ4n) is 2.57. The first-order valence-electron chi connectivity index (χ1n) is 5.58. The Morgan fingerprint density at radius 2 is 2.00 bits per heavy atom. The van der Waals surface area contributed by atoms with Crippen molar-refractivity contribution in [2.75, 3.05) is 0 Å². The minimum absolute atomic E-state index is 0.0563. The van der Waals surface area contributed by atoms with Crippen molar-refractivity contribution in [1.29, 1.82) is 0 Å². The maximum atomic E-state index is 10.9.